The molecule has 0 aliphatic carbocycles. The van der Waals surface area contributed by atoms with Gasteiger partial charge in [0.05, 0.1) is 13.1 Å². The molecule has 0 atom stereocenters. The summed E-state index contributed by atoms with van der Waals surface area (Å²) in [6, 6.07) is 0. The summed E-state index contributed by atoms with van der Waals surface area (Å²) in [7, 11) is 0. The van der Waals surface area contributed by atoms with Crippen molar-refractivity contribution < 1.29 is 13.6 Å². The van der Waals surface area contributed by atoms with Crippen LogP contribution in [0.25, 0.3) is 0 Å². The fourth-order valence-corrected chi connectivity index (χ4v) is 1.09. The normalized spacial score (nSPS) is 21.2. The van der Waals surface area contributed by atoms with E-state index in [1.165, 1.54) is 0 Å². The van der Waals surface area contributed by atoms with Gasteiger partial charge in [-0.2, -0.15) is 0 Å². The standard InChI is InChI=1S/C6H8ClF2NO/c7-2-1-5(11)10-3-6(8,9)4-10/h1-4H2. The summed E-state index contributed by atoms with van der Waals surface area (Å²) in [5.41, 5.74) is 0. The summed E-state index contributed by atoms with van der Waals surface area (Å²) < 4.78 is 24.3. The average molecular weight is 184 g/mol. The van der Waals surface area contributed by atoms with Crippen molar-refractivity contribution in [2.45, 2.75) is 12.3 Å². The highest BCUT2D eigenvalue weighted by molar-refractivity contribution is 6.18. The number of amides is 1. The Balaban J connectivity index is 2.27. The van der Waals surface area contributed by atoms with Crippen molar-refractivity contribution in [1.29, 1.82) is 0 Å². The molecule has 0 aromatic carbocycles. The number of rotatable bonds is 2. The van der Waals surface area contributed by atoms with Crippen LogP contribution in [0.15, 0.2) is 0 Å². The van der Waals surface area contributed by atoms with Crippen LogP contribution in [0.2, 0.25) is 0 Å². The van der Waals surface area contributed by atoms with Gasteiger partial charge in [-0.05, 0) is 0 Å². The zero-order valence-electron chi connectivity index (χ0n) is 5.82. The van der Waals surface area contributed by atoms with E-state index < -0.39 is 19.0 Å². The Kier molecular flexibility index (Phi) is 2.32. The molecule has 1 aliphatic heterocycles. The largest absolute Gasteiger partial charge is 0.330 e. The first-order valence-electron chi connectivity index (χ1n) is 3.27. The van der Waals surface area contributed by atoms with E-state index in [9.17, 15) is 13.6 Å². The first kappa shape index (κ1) is 8.71. The number of hydrogen-bond donors (Lipinski definition) is 0. The summed E-state index contributed by atoms with van der Waals surface area (Å²) >= 11 is 5.26. The lowest BCUT2D eigenvalue weighted by Crippen LogP contribution is -2.58. The van der Waals surface area contributed by atoms with Crippen LogP contribution in [0.5, 0.6) is 0 Å². The second-order valence-electron chi connectivity index (χ2n) is 2.54. The molecule has 64 valence electrons. The summed E-state index contributed by atoms with van der Waals surface area (Å²) in [6.45, 7) is -0.883. The van der Waals surface area contributed by atoms with Crippen LogP contribution in [0.4, 0.5) is 8.78 Å². The molecule has 0 aromatic heterocycles. The molecule has 1 heterocycles. The summed E-state index contributed by atoms with van der Waals surface area (Å²) in [6.07, 6.45) is 0.150. The second kappa shape index (κ2) is 2.93. The first-order chi connectivity index (χ1) is 5.05. The highest BCUT2D eigenvalue weighted by Gasteiger charge is 2.45. The summed E-state index contributed by atoms with van der Waals surface area (Å²) in [4.78, 5) is 11.9. The van der Waals surface area contributed by atoms with Gasteiger partial charge in [-0.3, -0.25) is 4.79 Å². The smallest absolute Gasteiger partial charge is 0.282 e. The summed E-state index contributed by atoms with van der Waals surface area (Å²) in [5, 5.41) is 0. The van der Waals surface area contributed by atoms with Gasteiger partial charge in [-0.25, -0.2) is 8.78 Å². The number of hydrogen-bond acceptors (Lipinski definition) is 1. The van der Waals surface area contributed by atoms with E-state index in [-0.39, 0.29) is 18.2 Å². The van der Waals surface area contributed by atoms with Crippen LogP contribution in [0, 0.1) is 0 Å². The van der Waals surface area contributed by atoms with Gasteiger partial charge >= 0.3 is 0 Å². The number of likely N-dealkylation sites (tertiary alicyclic amines) is 1. The Hall–Kier alpha value is -0.380. The molecule has 0 radical (unpaired) electrons. The predicted octanol–water partition coefficient (Wildman–Crippen LogP) is 1.09. The molecule has 1 amide bonds. The Morgan fingerprint density at radius 1 is 1.55 bits per heavy atom. The third kappa shape index (κ3) is 2.02. The molecule has 1 rings (SSSR count). The van der Waals surface area contributed by atoms with Gasteiger partial charge in [0.25, 0.3) is 5.92 Å². The van der Waals surface area contributed by atoms with E-state index in [1.807, 2.05) is 0 Å². The molecular formula is C6H8ClF2NO. The lowest BCUT2D eigenvalue weighted by molar-refractivity contribution is -0.165. The molecule has 0 unspecified atom stereocenters. The molecule has 0 aromatic rings. The molecule has 1 aliphatic rings. The molecular weight excluding hydrogens is 176 g/mol. The van der Waals surface area contributed by atoms with Gasteiger partial charge in [0.15, 0.2) is 0 Å². The Morgan fingerprint density at radius 2 is 2.09 bits per heavy atom. The van der Waals surface area contributed by atoms with Crippen LogP contribution < -0.4 is 0 Å². The van der Waals surface area contributed by atoms with Crippen molar-refractivity contribution in [3.05, 3.63) is 0 Å². The van der Waals surface area contributed by atoms with E-state index in [4.69, 9.17) is 11.6 Å². The van der Waals surface area contributed by atoms with E-state index >= 15 is 0 Å². The van der Waals surface area contributed by atoms with Gasteiger partial charge in [-0.15, -0.1) is 11.6 Å². The topological polar surface area (TPSA) is 20.3 Å². The third-order valence-electron chi connectivity index (χ3n) is 1.51. The molecule has 0 spiro atoms. The minimum atomic E-state index is -2.66. The van der Waals surface area contributed by atoms with Crippen LogP contribution in [-0.2, 0) is 4.79 Å². The fraction of sp³-hybridized carbons (Fsp3) is 0.833. The molecule has 0 bridgehead atoms. The Labute approximate surface area is 68.1 Å². The van der Waals surface area contributed by atoms with Gasteiger partial charge in [-0.1, -0.05) is 0 Å². The third-order valence-corrected chi connectivity index (χ3v) is 1.69. The summed E-state index contributed by atoms with van der Waals surface area (Å²) in [5.74, 6) is -2.76. The van der Waals surface area contributed by atoms with Crippen LogP contribution in [0.3, 0.4) is 0 Å². The van der Waals surface area contributed by atoms with E-state index in [2.05, 4.69) is 0 Å². The van der Waals surface area contributed by atoms with E-state index in [1.54, 1.807) is 0 Å². The highest BCUT2D eigenvalue weighted by atomic mass is 35.5. The number of alkyl halides is 3. The monoisotopic (exact) mass is 183 g/mol. The molecule has 2 nitrogen and oxygen atoms in total. The number of halogens is 3. The van der Waals surface area contributed by atoms with E-state index in [0.29, 0.717) is 0 Å². The predicted molar refractivity (Wildman–Crippen MR) is 36.9 cm³/mol. The molecule has 11 heavy (non-hydrogen) atoms. The van der Waals surface area contributed by atoms with Crippen LogP contribution in [0.1, 0.15) is 6.42 Å². The quantitative estimate of drug-likeness (QED) is 0.587. The number of carbonyl (C=O) groups is 1. The van der Waals surface area contributed by atoms with Crippen molar-refractivity contribution >= 4 is 17.5 Å². The highest BCUT2D eigenvalue weighted by Crippen LogP contribution is 2.26. The SMILES string of the molecule is O=C(CCCl)N1CC(F)(F)C1. The van der Waals surface area contributed by atoms with Gasteiger partial charge in [0.1, 0.15) is 0 Å². The lowest BCUT2D eigenvalue weighted by Gasteiger charge is -2.38. The van der Waals surface area contributed by atoms with Gasteiger partial charge in [0, 0.05) is 12.3 Å². The van der Waals surface area contributed by atoms with Crippen molar-refractivity contribution in [2.24, 2.45) is 0 Å². The van der Waals surface area contributed by atoms with E-state index in [0.717, 1.165) is 4.90 Å². The molecule has 0 saturated carbocycles. The fourth-order valence-electron chi connectivity index (χ4n) is 0.927. The van der Waals surface area contributed by atoms with Gasteiger partial charge in [0.2, 0.25) is 5.91 Å². The molecule has 0 N–H and O–H groups in total. The van der Waals surface area contributed by atoms with Crippen molar-refractivity contribution in [2.75, 3.05) is 19.0 Å². The van der Waals surface area contributed by atoms with Crippen molar-refractivity contribution in [3.8, 4) is 0 Å². The number of carbonyl (C=O) groups excluding carboxylic acids is 1. The second-order valence-corrected chi connectivity index (χ2v) is 2.92. The minimum Gasteiger partial charge on any atom is -0.330 e. The molecule has 5 heteroatoms. The molecule has 1 fully saturated rings. The average Bonchev–Trinajstić information content (AvgIpc) is 1.83. The Bertz CT molecular complexity index is 166. The molecule has 1 saturated heterocycles. The first-order valence-corrected chi connectivity index (χ1v) is 3.80. The van der Waals surface area contributed by atoms with Crippen LogP contribution in [-0.4, -0.2) is 35.7 Å². The number of nitrogens with zero attached hydrogens (tertiary/aromatic N) is 1. The van der Waals surface area contributed by atoms with Crippen LogP contribution >= 0.6 is 11.6 Å². The lowest BCUT2D eigenvalue weighted by atomic mass is 10.1. The van der Waals surface area contributed by atoms with Crippen molar-refractivity contribution in [3.63, 3.8) is 0 Å². The maximum Gasteiger partial charge on any atom is 0.282 e. The Morgan fingerprint density at radius 3 is 2.45 bits per heavy atom. The van der Waals surface area contributed by atoms with Crippen molar-refractivity contribution in [1.82, 2.24) is 4.90 Å². The minimum absolute atomic E-state index is 0.150. The van der Waals surface area contributed by atoms with Gasteiger partial charge < -0.3 is 4.90 Å². The maximum atomic E-state index is 12.2. The zero-order valence-corrected chi connectivity index (χ0v) is 6.57. The zero-order chi connectivity index (χ0) is 8.48. The maximum absolute atomic E-state index is 12.2.